The minimum Gasteiger partial charge on any atom is -0.390 e. The van der Waals surface area contributed by atoms with Crippen LogP contribution in [0.5, 0.6) is 0 Å². The number of hydrogen-bond donors (Lipinski definition) is 3. The maximum absolute atomic E-state index is 12.4. The number of aliphatic hydroxyl groups excluding tert-OH is 1. The standard InChI is InChI=1S/C20H23N5O3S/c21-29(28)17-5-6-19-23-18(13-25(19)12-17)20(27)22-9-16(26)11-24-8-7-14-3-1-2-4-15(14)10-24/h1-6,12-13,16,26H,7-11,21H2,(H,22,27). The quantitative estimate of drug-likeness (QED) is 0.544. The van der Waals surface area contributed by atoms with Crippen molar-refractivity contribution in [3.63, 3.8) is 0 Å². The summed E-state index contributed by atoms with van der Waals surface area (Å²) in [6.07, 6.45) is 3.42. The van der Waals surface area contributed by atoms with E-state index in [9.17, 15) is 14.1 Å². The van der Waals surface area contributed by atoms with E-state index in [0.717, 1.165) is 19.5 Å². The van der Waals surface area contributed by atoms with Crippen molar-refractivity contribution in [2.24, 2.45) is 5.14 Å². The van der Waals surface area contributed by atoms with Crippen LogP contribution in [0.2, 0.25) is 0 Å². The van der Waals surface area contributed by atoms with Crippen LogP contribution in [0.1, 0.15) is 21.6 Å². The second-order valence-corrected chi connectivity index (χ2v) is 8.24. The molecular weight excluding hydrogens is 390 g/mol. The normalized spacial score (nSPS) is 16.3. The summed E-state index contributed by atoms with van der Waals surface area (Å²) >= 11 is 0. The molecule has 0 saturated heterocycles. The molecule has 1 aromatic carbocycles. The highest BCUT2D eigenvalue weighted by Crippen LogP contribution is 2.18. The molecule has 29 heavy (non-hydrogen) atoms. The Labute approximate surface area is 170 Å². The van der Waals surface area contributed by atoms with Gasteiger partial charge in [0.1, 0.15) is 22.3 Å². The van der Waals surface area contributed by atoms with Gasteiger partial charge in [0.15, 0.2) is 0 Å². The van der Waals surface area contributed by atoms with Crippen LogP contribution in [0, 0.1) is 0 Å². The second kappa shape index (κ2) is 8.42. The molecule has 4 rings (SSSR count). The molecule has 4 N–H and O–H groups in total. The second-order valence-electron chi connectivity index (χ2n) is 7.17. The zero-order chi connectivity index (χ0) is 20.4. The monoisotopic (exact) mass is 413 g/mol. The van der Waals surface area contributed by atoms with Crippen molar-refractivity contribution in [2.75, 3.05) is 19.6 Å². The van der Waals surface area contributed by atoms with E-state index in [1.54, 1.807) is 28.9 Å². The van der Waals surface area contributed by atoms with E-state index in [0.29, 0.717) is 17.1 Å². The van der Waals surface area contributed by atoms with E-state index in [4.69, 9.17) is 5.14 Å². The molecule has 1 aliphatic heterocycles. The maximum atomic E-state index is 12.4. The van der Waals surface area contributed by atoms with Gasteiger partial charge < -0.3 is 14.8 Å². The van der Waals surface area contributed by atoms with Gasteiger partial charge in [-0.1, -0.05) is 24.3 Å². The first-order valence-electron chi connectivity index (χ1n) is 9.40. The predicted molar refractivity (Wildman–Crippen MR) is 110 cm³/mol. The molecule has 9 heteroatoms. The number of hydrogen-bond acceptors (Lipinski definition) is 5. The lowest BCUT2D eigenvalue weighted by molar-refractivity contribution is 0.0838. The highest BCUT2D eigenvalue weighted by molar-refractivity contribution is 7.82. The zero-order valence-corrected chi connectivity index (χ0v) is 16.6. The van der Waals surface area contributed by atoms with E-state index >= 15 is 0 Å². The number of pyridine rings is 1. The van der Waals surface area contributed by atoms with E-state index in [1.165, 1.54) is 11.1 Å². The molecular formula is C20H23N5O3S. The van der Waals surface area contributed by atoms with Crippen LogP contribution in [0.3, 0.4) is 0 Å². The molecule has 2 unspecified atom stereocenters. The maximum Gasteiger partial charge on any atom is 0.271 e. The van der Waals surface area contributed by atoms with Crippen molar-refractivity contribution in [3.05, 3.63) is 65.6 Å². The molecule has 152 valence electrons. The number of aliphatic hydroxyl groups is 1. The fraction of sp³-hybridized carbons (Fsp3) is 0.300. The van der Waals surface area contributed by atoms with Gasteiger partial charge in [0.2, 0.25) is 0 Å². The van der Waals surface area contributed by atoms with Crippen LogP contribution in [0.15, 0.2) is 53.7 Å². The van der Waals surface area contributed by atoms with Crippen molar-refractivity contribution < 1.29 is 14.1 Å². The first-order chi connectivity index (χ1) is 14.0. The van der Waals surface area contributed by atoms with Gasteiger partial charge in [-0.25, -0.2) is 14.3 Å². The number of β-amino-alcohol motifs (C(OH)–C–C–N with tert-alkyl or cyclic N) is 1. The zero-order valence-electron chi connectivity index (χ0n) is 15.8. The van der Waals surface area contributed by atoms with E-state index in [-0.39, 0.29) is 18.1 Å². The van der Waals surface area contributed by atoms with Crippen LogP contribution >= 0.6 is 0 Å². The summed E-state index contributed by atoms with van der Waals surface area (Å²) in [5, 5.41) is 18.5. The van der Waals surface area contributed by atoms with Crippen LogP contribution < -0.4 is 10.5 Å². The molecule has 0 bridgehead atoms. The third-order valence-electron chi connectivity index (χ3n) is 5.07. The molecule has 0 spiro atoms. The lowest BCUT2D eigenvalue weighted by Gasteiger charge is -2.30. The number of nitrogens with two attached hydrogens (primary N) is 1. The third-order valence-corrected chi connectivity index (χ3v) is 5.77. The number of benzene rings is 1. The van der Waals surface area contributed by atoms with Crippen LogP contribution in [-0.2, 0) is 24.0 Å². The summed E-state index contributed by atoms with van der Waals surface area (Å²) < 4.78 is 13.0. The number of carbonyl (C=O) groups is 1. The number of nitrogens with one attached hydrogen (secondary N) is 1. The SMILES string of the molecule is NS(=O)c1ccc2nc(C(=O)NCC(O)CN3CCc4ccccc4C3)cn2c1. The Morgan fingerprint density at radius 1 is 1.24 bits per heavy atom. The van der Waals surface area contributed by atoms with Gasteiger partial charge in [0.05, 0.1) is 11.0 Å². The minimum absolute atomic E-state index is 0.142. The number of aromatic nitrogens is 2. The summed E-state index contributed by atoms with van der Waals surface area (Å²) in [5.41, 5.74) is 3.43. The summed E-state index contributed by atoms with van der Waals surface area (Å²) in [6.45, 7) is 2.33. The van der Waals surface area contributed by atoms with Crippen molar-refractivity contribution in [3.8, 4) is 0 Å². The molecule has 8 nitrogen and oxygen atoms in total. The van der Waals surface area contributed by atoms with Crippen molar-refractivity contribution >= 4 is 22.5 Å². The summed E-state index contributed by atoms with van der Waals surface area (Å²) in [6, 6.07) is 11.6. The fourth-order valence-corrected chi connectivity index (χ4v) is 3.99. The Bertz CT molecular complexity index is 1070. The van der Waals surface area contributed by atoms with Crippen molar-refractivity contribution in [1.82, 2.24) is 19.6 Å². The predicted octanol–water partition coefficient (Wildman–Crippen LogP) is 0.465. The molecule has 0 saturated carbocycles. The van der Waals surface area contributed by atoms with Gasteiger partial charge in [0.25, 0.3) is 5.91 Å². The van der Waals surface area contributed by atoms with Gasteiger partial charge >= 0.3 is 0 Å². The molecule has 1 amide bonds. The highest BCUT2D eigenvalue weighted by atomic mass is 32.2. The Hall–Kier alpha value is -2.59. The van der Waals surface area contributed by atoms with Crippen molar-refractivity contribution in [2.45, 2.75) is 24.0 Å². The smallest absolute Gasteiger partial charge is 0.271 e. The first-order valence-corrected chi connectivity index (χ1v) is 10.6. The lowest BCUT2D eigenvalue weighted by Crippen LogP contribution is -2.42. The summed E-state index contributed by atoms with van der Waals surface area (Å²) in [7, 11) is -1.60. The van der Waals surface area contributed by atoms with Gasteiger partial charge in [0, 0.05) is 38.6 Å². The molecule has 1 aliphatic rings. The average Bonchev–Trinajstić information content (AvgIpc) is 3.15. The molecule has 0 aliphatic carbocycles. The summed E-state index contributed by atoms with van der Waals surface area (Å²) in [4.78, 5) is 19.3. The van der Waals surface area contributed by atoms with Gasteiger partial charge in [-0.3, -0.25) is 9.69 Å². The number of rotatable bonds is 6. The first kappa shape index (κ1) is 19.7. The van der Waals surface area contributed by atoms with E-state index in [1.807, 2.05) is 6.07 Å². The molecule has 3 aromatic rings. The average molecular weight is 414 g/mol. The Morgan fingerprint density at radius 2 is 2.03 bits per heavy atom. The van der Waals surface area contributed by atoms with Gasteiger partial charge in [-0.15, -0.1) is 0 Å². The van der Waals surface area contributed by atoms with Crippen LogP contribution in [0.4, 0.5) is 0 Å². The Kier molecular flexibility index (Phi) is 5.72. The van der Waals surface area contributed by atoms with Crippen molar-refractivity contribution in [1.29, 1.82) is 0 Å². The Balaban J connectivity index is 1.32. The topological polar surface area (TPSA) is 113 Å². The number of fused-ring (bicyclic) bond motifs is 2. The molecule has 2 aromatic heterocycles. The van der Waals surface area contributed by atoms with Gasteiger partial charge in [-0.05, 0) is 29.7 Å². The summed E-state index contributed by atoms with van der Waals surface area (Å²) in [5.74, 6) is -0.368. The van der Waals surface area contributed by atoms with Crippen LogP contribution in [0.25, 0.3) is 5.65 Å². The van der Waals surface area contributed by atoms with E-state index < -0.39 is 17.1 Å². The molecule has 3 heterocycles. The number of imidazole rings is 1. The third kappa shape index (κ3) is 4.54. The molecule has 2 atom stereocenters. The molecule has 0 radical (unpaired) electrons. The largest absolute Gasteiger partial charge is 0.390 e. The number of nitrogens with zero attached hydrogens (tertiary/aromatic N) is 3. The molecule has 0 fully saturated rings. The minimum atomic E-state index is -1.60. The number of amides is 1. The van der Waals surface area contributed by atoms with Crippen LogP contribution in [-0.4, -0.2) is 55.2 Å². The van der Waals surface area contributed by atoms with Gasteiger partial charge in [-0.2, -0.15) is 0 Å². The Morgan fingerprint density at radius 3 is 2.83 bits per heavy atom. The highest BCUT2D eigenvalue weighted by Gasteiger charge is 2.19. The lowest BCUT2D eigenvalue weighted by atomic mass is 10.00. The number of carbonyl (C=O) groups excluding carboxylic acids is 1. The van der Waals surface area contributed by atoms with E-state index in [2.05, 4.69) is 33.4 Å². The fourth-order valence-electron chi connectivity index (χ4n) is 3.57.